The molecule has 37 heavy (non-hydrogen) atoms. The third-order valence-electron chi connectivity index (χ3n) is 5.57. The van der Waals surface area contributed by atoms with Crippen LogP contribution in [0, 0.1) is 0 Å². The second-order valence-corrected chi connectivity index (χ2v) is 11.5. The Kier molecular flexibility index (Phi) is 8.34. The summed E-state index contributed by atoms with van der Waals surface area (Å²) in [6.07, 6.45) is 0.357. The van der Waals surface area contributed by atoms with Crippen molar-refractivity contribution in [2.24, 2.45) is 5.16 Å². The van der Waals surface area contributed by atoms with E-state index in [0.29, 0.717) is 40.7 Å². The number of carbonyl (C=O) groups is 1. The molecule has 1 fully saturated rings. The third kappa shape index (κ3) is 6.22. The quantitative estimate of drug-likeness (QED) is 0.284. The largest absolute Gasteiger partial charge is 0.395 e. The Morgan fingerprint density at radius 3 is 2.62 bits per heavy atom. The minimum Gasteiger partial charge on any atom is -0.395 e. The summed E-state index contributed by atoms with van der Waals surface area (Å²) >= 11 is 1.22. The molecule has 1 amide bonds. The van der Waals surface area contributed by atoms with Gasteiger partial charge in [0.05, 0.1) is 24.7 Å². The second-order valence-electron chi connectivity index (χ2n) is 8.47. The van der Waals surface area contributed by atoms with Gasteiger partial charge in [-0.15, -0.1) is 0 Å². The maximum Gasteiger partial charge on any atom is 0.280 e. The fraction of sp³-hybridized carbons (Fsp3) is 0.391. The number of aliphatic hydroxyl groups excluding tert-OH is 1. The number of ether oxygens (including phenoxy) is 1. The highest BCUT2D eigenvalue weighted by Gasteiger charge is 2.24. The van der Waals surface area contributed by atoms with Gasteiger partial charge in [0.1, 0.15) is 16.2 Å². The number of rotatable bonds is 10. The van der Waals surface area contributed by atoms with Gasteiger partial charge < -0.3 is 19.6 Å². The van der Waals surface area contributed by atoms with Crippen LogP contribution in [0.4, 0.5) is 10.9 Å². The van der Waals surface area contributed by atoms with E-state index in [2.05, 4.69) is 20.4 Å². The summed E-state index contributed by atoms with van der Waals surface area (Å²) in [6, 6.07) is 9.39. The molecule has 3 heterocycles. The number of pyridine rings is 1. The molecular formula is C23H28N6O6S2. The van der Waals surface area contributed by atoms with Crippen molar-refractivity contribution >= 4 is 54.3 Å². The number of nitrogens with one attached hydrogen (secondary N) is 1. The van der Waals surface area contributed by atoms with Crippen molar-refractivity contribution in [1.82, 2.24) is 14.3 Å². The van der Waals surface area contributed by atoms with Crippen LogP contribution < -0.4 is 10.2 Å². The van der Waals surface area contributed by atoms with Crippen LogP contribution in [0.5, 0.6) is 0 Å². The van der Waals surface area contributed by atoms with Crippen LogP contribution in [0.15, 0.2) is 46.4 Å². The zero-order valence-corrected chi connectivity index (χ0v) is 22.3. The molecule has 0 spiro atoms. The number of amides is 1. The van der Waals surface area contributed by atoms with E-state index in [1.807, 2.05) is 31.1 Å². The molecule has 0 radical (unpaired) electrons. The predicted molar refractivity (Wildman–Crippen MR) is 141 cm³/mol. The molecule has 0 aliphatic carbocycles. The fourth-order valence-electron chi connectivity index (χ4n) is 3.44. The number of nitrogens with zero attached hydrogens (tertiary/aromatic N) is 5. The molecule has 1 aliphatic rings. The molecule has 4 rings (SSSR count). The van der Waals surface area contributed by atoms with Crippen LogP contribution in [-0.2, 0) is 24.4 Å². The normalized spacial score (nSPS) is 16.4. The number of thiazole rings is 1. The number of carbonyl (C=O) groups excluding carboxylic acids is 1. The van der Waals surface area contributed by atoms with E-state index in [0.717, 1.165) is 10.1 Å². The monoisotopic (exact) mass is 548 g/mol. The van der Waals surface area contributed by atoms with E-state index in [9.17, 15) is 13.2 Å². The predicted octanol–water partition coefficient (Wildman–Crippen LogP) is 1.52. The molecule has 198 valence electrons. The van der Waals surface area contributed by atoms with Crippen molar-refractivity contribution in [3.63, 3.8) is 0 Å². The van der Waals surface area contributed by atoms with E-state index in [1.165, 1.54) is 42.6 Å². The number of anilines is 2. The number of benzene rings is 1. The van der Waals surface area contributed by atoms with Crippen LogP contribution >= 0.6 is 11.3 Å². The Bertz CT molecular complexity index is 1380. The van der Waals surface area contributed by atoms with Crippen molar-refractivity contribution in [3.8, 4) is 0 Å². The third-order valence-corrected chi connectivity index (χ3v) is 8.32. The van der Waals surface area contributed by atoms with Gasteiger partial charge in [0.2, 0.25) is 10.0 Å². The van der Waals surface area contributed by atoms with Crippen molar-refractivity contribution < 1.29 is 27.9 Å². The molecule has 14 heteroatoms. The number of aromatic nitrogens is 2. The molecule has 1 atom stereocenters. The smallest absolute Gasteiger partial charge is 0.280 e. The molecule has 2 N–H and O–H groups in total. The Balaban J connectivity index is 1.60. The van der Waals surface area contributed by atoms with Gasteiger partial charge in [0.15, 0.2) is 16.9 Å². The maximum atomic E-state index is 13.3. The molecule has 3 aromatic rings. The second kappa shape index (κ2) is 11.5. The van der Waals surface area contributed by atoms with Gasteiger partial charge in [0.25, 0.3) is 5.91 Å². The average molecular weight is 549 g/mol. The maximum absolute atomic E-state index is 13.3. The van der Waals surface area contributed by atoms with Crippen LogP contribution in [0.2, 0.25) is 0 Å². The van der Waals surface area contributed by atoms with Gasteiger partial charge >= 0.3 is 0 Å². The molecule has 0 unspecified atom stereocenters. The van der Waals surface area contributed by atoms with Crippen molar-refractivity contribution in [3.05, 3.63) is 42.0 Å². The summed E-state index contributed by atoms with van der Waals surface area (Å²) in [4.78, 5) is 30.4. The number of sulfonamides is 1. The topological polar surface area (TPSA) is 147 Å². The summed E-state index contributed by atoms with van der Waals surface area (Å²) in [5.41, 5.74) is 0.959. The first kappa shape index (κ1) is 26.9. The van der Waals surface area contributed by atoms with Crippen LogP contribution in [0.25, 0.3) is 10.3 Å². The van der Waals surface area contributed by atoms with Crippen LogP contribution in [0.1, 0.15) is 12.0 Å². The van der Waals surface area contributed by atoms with E-state index < -0.39 is 15.9 Å². The summed E-state index contributed by atoms with van der Waals surface area (Å²) < 4.78 is 31.7. The van der Waals surface area contributed by atoms with E-state index in [-0.39, 0.29) is 29.9 Å². The van der Waals surface area contributed by atoms with Crippen molar-refractivity contribution in [2.45, 2.75) is 17.4 Å². The number of oxime groups is 1. The van der Waals surface area contributed by atoms with Gasteiger partial charge in [-0.2, -0.15) is 4.31 Å². The molecule has 2 aromatic heterocycles. The Labute approximate surface area is 218 Å². The summed E-state index contributed by atoms with van der Waals surface area (Å²) in [5, 5.41) is 16.3. The Morgan fingerprint density at radius 1 is 1.22 bits per heavy atom. The lowest BCUT2D eigenvalue weighted by Crippen LogP contribution is -2.29. The highest BCUT2D eigenvalue weighted by molar-refractivity contribution is 7.89. The Morgan fingerprint density at radius 2 is 1.97 bits per heavy atom. The molecule has 0 bridgehead atoms. The van der Waals surface area contributed by atoms with Crippen molar-refractivity contribution in [2.75, 3.05) is 57.7 Å². The van der Waals surface area contributed by atoms with E-state index in [4.69, 9.17) is 14.7 Å². The molecule has 1 aliphatic heterocycles. The number of aliphatic hydroxyl groups is 1. The molecule has 1 aromatic carbocycles. The molecule has 0 saturated carbocycles. The average Bonchev–Trinajstić information content (AvgIpc) is 3.53. The summed E-state index contributed by atoms with van der Waals surface area (Å²) in [6.45, 7) is 0.572. The van der Waals surface area contributed by atoms with Crippen LogP contribution in [-0.4, -0.2) is 93.0 Å². The lowest BCUT2D eigenvalue weighted by molar-refractivity contribution is -0.110. The minimum absolute atomic E-state index is 0.0195. The minimum atomic E-state index is -3.80. The number of hydrogen-bond donors (Lipinski definition) is 2. The van der Waals surface area contributed by atoms with Gasteiger partial charge in [-0.05, 0) is 24.3 Å². The van der Waals surface area contributed by atoms with Crippen LogP contribution in [0.3, 0.4) is 0 Å². The molecular weight excluding hydrogens is 520 g/mol. The first-order valence-electron chi connectivity index (χ1n) is 11.4. The van der Waals surface area contributed by atoms with Gasteiger partial charge in [-0.3, -0.25) is 10.1 Å². The number of hydrogen-bond acceptors (Lipinski definition) is 11. The van der Waals surface area contributed by atoms with Gasteiger partial charge in [-0.1, -0.05) is 28.6 Å². The first-order chi connectivity index (χ1) is 17.7. The van der Waals surface area contributed by atoms with E-state index in [1.54, 1.807) is 0 Å². The molecule has 12 nitrogen and oxygen atoms in total. The zero-order chi connectivity index (χ0) is 26.6. The zero-order valence-electron chi connectivity index (χ0n) is 20.6. The van der Waals surface area contributed by atoms with E-state index >= 15 is 0 Å². The fourth-order valence-corrected chi connectivity index (χ4v) is 5.43. The molecule has 1 saturated heterocycles. The lowest BCUT2D eigenvalue weighted by atomic mass is 10.1. The highest BCUT2D eigenvalue weighted by atomic mass is 32.2. The SMILES string of the molecule is CN(C)c1ccc2nc(NC(=O)/C(=N/O[C@@H]3CCOC3)c3ccc(S(=O)(=O)N(C)CCO)cc3)sc2n1. The number of likely N-dealkylation sites (N-methyl/N-ethyl adjacent to an activating group) is 1. The van der Waals surface area contributed by atoms with Gasteiger partial charge in [0, 0.05) is 39.7 Å². The van der Waals surface area contributed by atoms with Crippen molar-refractivity contribution in [1.29, 1.82) is 0 Å². The van der Waals surface area contributed by atoms with Gasteiger partial charge in [-0.25, -0.2) is 18.4 Å². The Hall–Kier alpha value is -3.17. The first-order valence-corrected chi connectivity index (χ1v) is 13.7. The highest BCUT2D eigenvalue weighted by Crippen LogP contribution is 2.26. The number of fused-ring (bicyclic) bond motifs is 1. The lowest BCUT2D eigenvalue weighted by Gasteiger charge is -2.16. The summed E-state index contributed by atoms with van der Waals surface area (Å²) in [7, 11) is 1.36. The summed E-state index contributed by atoms with van der Waals surface area (Å²) in [5.74, 6) is 0.196. The standard InChI is InChI=1S/C23H28N6O6S2/c1-28(2)19-9-8-18-22(25-19)36-23(24-18)26-21(31)20(27-35-16-10-13-34-14-16)15-4-6-17(7-5-15)37(32,33)29(3)11-12-30/h4-9,16,30H,10-14H2,1-3H3,(H,24,26,31)/b27-20+/t16-/m1/s1.